The van der Waals surface area contributed by atoms with Crippen molar-refractivity contribution in [3.8, 4) is 0 Å². The molecule has 0 unspecified atom stereocenters. The molecule has 172 valence electrons. The van der Waals surface area contributed by atoms with Gasteiger partial charge in [0.1, 0.15) is 5.60 Å². The molecule has 0 bridgehead atoms. The van der Waals surface area contributed by atoms with Crippen LogP contribution < -0.4 is 10.6 Å². The molecule has 1 heterocycles. The Morgan fingerprint density at radius 3 is 2.26 bits per heavy atom. The maximum absolute atomic E-state index is 12.1. The summed E-state index contributed by atoms with van der Waals surface area (Å²) in [5.74, 6) is -0.212. The van der Waals surface area contributed by atoms with Crippen LogP contribution in [0, 0.1) is 0 Å². The van der Waals surface area contributed by atoms with Crippen LogP contribution in [0.5, 0.6) is 0 Å². The van der Waals surface area contributed by atoms with E-state index in [4.69, 9.17) is 16.3 Å². The zero-order chi connectivity index (χ0) is 22.9. The van der Waals surface area contributed by atoms with E-state index in [2.05, 4.69) is 15.5 Å². The van der Waals surface area contributed by atoms with E-state index in [9.17, 15) is 14.4 Å². The van der Waals surface area contributed by atoms with Crippen LogP contribution in [0.15, 0.2) is 24.3 Å². The lowest BCUT2D eigenvalue weighted by Gasteiger charge is -2.35. The molecule has 2 N–H and O–H groups in total. The molecule has 0 aliphatic carbocycles. The van der Waals surface area contributed by atoms with Gasteiger partial charge in [0.15, 0.2) is 0 Å². The summed E-state index contributed by atoms with van der Waals surface area (Å²) in [6.07, 6.45) is 0.649. The molecular weight excluding hydrogens is 420 g/mol. The highest BCUT2D eigenvalue weighted by Crippen LogP contribution is 2.12. The second-order valence-corrected chi connectivity index (χ2v) is 8.96. The quantitative estimate of drug-likeness (QED) is 0.591. The number of piperazine rings is 1. The van der Waals surface area contributed by atoms with Crippen molar-refractivity contribution in [2.45, 2.75) is 39.2 Å². The minimum atomic E-state index is -0.489. The van der Waals surface area contributed by atoms with Gasteiger partial charge in [0.05, 0.1) is 0 Å². The fourth-order valence-electron chi connectivity index (χ4n) is 3.08. The molecule has 0 saturated carbocycles. The highest BCUT2D eigenvalue weighted by atomic mass is 35.5. The number of nitrogens with zero attached hydrogens (tertiary/aromatic N) is 2. The number of rotatable bonds is 8. The maximum atomic E-state index is 12.1. The largest absolute Gasteiger partial charge is 0.444 e. The van der Waals surface area contributed by atoms with Gasteiger partial charge in [-0.15, -0.1) is 0 Å². The monoisotopic (exact) mass is 452 g/mol. The molecule has 0 radical (unpaired) electrons. The highest BCUT2D eigenvalue weighted by Gasteiger charge is 2.25. The molecular formula is C22H33ClN4O4. The van der Waals surface area contributed by atoms with Crippen LogP contribution in [0.3, 0.4) is 0 Å². The summed E-state index contributed by atoms with van der Waals surface area (Å²) in [6, 6.07) is 6.66. The predicted molar refractivity (Wildman–Crippen MR) is 120 cm³/mol. The van der Waals surface area contributed by atoms with Gasteiger partial charge in [-0.1, -0.05) is 11.6 Å². The second kappa shape index (κ2) is 11.9. The summed E-state index contributed by atoms with van der Waals surface area (Å²) in [6.45, 7) is 10.1. The molecule has 8 nitrogen and oxygen atoms in total. The van der Waals surface area contributed by atoms with E-state index < -0.39 is 5.60 Å². The molecule has 0 atom stereocenters. The summed E-state index contributed by atoms with van der Waals surface area (Å²) >= 11 is 5.81. The molecule has 1 saturated heterocycles. The Hall–Kier alpha value is -2.32. The van der Waals surface area contributed by atoms with Crippen molar-refractivity contribution in [3.63, 3.8) is 0 Å². The van der Waals surface area contributed by atoms with Gasteiger partial charge in [0, 0.05) is 62.8 Å². The number of ether oxygens (including phenoxy) is 1. The summed E-state index contributed by atoms with van der Waals surface area (Å²) in [4.78, 5) is 40.0. The lowest BCUT2D eigenvalue weighted by molar-refractivity contribution is -0.121. The van der Waals surface area contributed by atoms with E-state index in [1.165, 1.54) is 0 Å². The molecule has 1 aromatic carbocycles. The van der Waals surface area contributed by atoms with Crippen LogP contribution in [0.2, 0.25) is 5.02 Å². The SMILES string of the molecule is CC(C)(C)OC(=O)N1CCN(CCNC(=O)CCCNC(=O)c2ccc(Cl)cc2)CC1. The molecule has 1 fully saturated rings. The van der Waals surface area contributed by atoms with Gasteiger partial charge in [0.2, 0.25) is 5.91 Å². The fraction of sp³-hybridized carbons (Fsp3) is 0.591. The van der Waals surface area contributed by atoms with Crippen LogP contribution in [-0.4, -0.2) is 79.1 Å². The first-order chi connectivity index (χ1) is 14.6. The summed E-state index contributed by atoms with van der Waals surface area (Å²) < 4.78 is 5.40. The van der Waals surface area contributed by atoms with E-state index in [0.717, 1.165) is 19.6 Å². The Morgan fingerprint density at radius 1 is 1.00 bits per heavy atom. The average molecular weight is 453 g/mol. The number of benzene rings is 1. The molecule has 31 heavy (non-hydrogen) atoms. The third-order valence-electron chi connectivity index (χ3n) is 4.75. The van der Waals surface area contributed by atoms with E-state index >= 15 is 0 Å². The molecule has 1 aromatic rings. The lowest BCUT2D eigenvalue weighted by atomic mass is 10.2. The van der Waals surface area contributed by atoms with Gasteiger partial charge >= 0.3 is 6.09 Å². The van der Waals surface area contributed by atoms with Gasteiger partial charge in [0.25, 0.3) is 5.91 Å². The Balaban J connectivity index is 1.53. The highest BCUT2D eigenvalue weighted by molar-refractivity contribution is 6.30. The van der Waals surface area contributed by atoms with E-state index in [1.54, 1.807) is 29.2 Å². The zero-order valence-electron chi connectivity index (χ0n) is 18.6. The maximum Gasteiger partial charge on any atom is 0.410 e. The number of hydrogen-bond acceptors (Lipinski definition) is 5. The predicted octanol–water partition coefficient (Wildman–Crippen LogP) is 2.52. The third-order valence-corrected chi connectivity index (χ3v) is 5.00. The van der Waals surface area contributed by atoms with Crippen LogP contribution >= 0.6 is 11.6 Å². The van der Waals surface area contributed by atoms with E-state index in [0.29, 0.717) is 49.6 Å². The number of carbonyl (C=O) groups is 3. The smallest absolute Gasteiger partial charge is 0.410 e. The molecule has 2 rings (SSSR count). The van der Waals surface area contributed by atoms with Crippen molar-refractivity contribution < 1.29 is 19.1 Å². The summed E-state index contributed by atoms with van der Waals surface area (Å²) in [7, 11) is 0. The van der Waals surface area contributed by atoms with Gasteiger partial charge in [-0.25, -0.2) is 4.79 Å². The topological polar surface area (TPSA) is 91.0 Å². The van der Waals surface area contributed by atoms with Crippen molar-refractivity contribution in [1.29, 1.82) is 0 Å². The fourth-order valence-corrected chi connectivity index (χ4v) is 3.20. The molecule has 1 aliphatic rings. The average Bonchev–Trinajstić information content (AvgIpc) is 2.71. The molecule has 3 amide bonds. The lowest BCUT2D eigenvalue weighted by Crippen LogP contribution is -2.51. The van der Waals surface area contributed by atoms with Crippen molar-refractivity contribution in [1.82, 2.24) is 20.4 Å². The van der Waals surface area contributed by atoms with Gasteiger partial charge in [-0.2, -0.15) is 0 Å². The van der Waals surface area contributed by atoms with Gasteiger partial charge in [-0.05, 0) is 51.5 Å². The van der Waals surface area contributed by atoms with Gasteiger partial charge < -0.3 is 20.3 Å². The van der Waals surface area contributed by atoms with Crippen LogP contribution in [0.4, 0.5) is 4.79 Å². The number of hydrogen-bond donors (Lipinski definition) is 2. The summed E-state index contributed by atoms with van der Waals surface area (Å²) in [5, 5.41) is 6.29. The number of amides is 3. The Morgan fingerprint density at radius 2 is 1.65 bits per heavy atom. The summed E-state index contributed by atoms with van der Waals surface area (Å²) in [5.41, 5.74) is 0.0533. The minimum absolute atomic E-state index is 0.0341. The van der Waals surface area contributed by atoms with Crippen LogP contribution in [0.1, 0.15) is 44.0 Å². The molecule has 0 aromatic heterocycles. The van der Waals surface area contributed by atoms with Crippen LogP contribution in [-0.2, 0) is 9.53 Å². The first-order valence-electron chi connectivity index (χ1n) is 10.6. The van der Waals surface area contributed by atoms with Crippen LogP contribution in [0.25, 0.3) is 0 Å². The van der Waals surface area contributed by atoms with Gasteiger partial charge in [-0.3, -0.25) is 14.5 Å². The number of carbonyl (C=O) groups excluding carboxylic acids is 3. The zero-order valence-corrected chi connectivity index (χ0v) is 19.3. The molecule has 0 spiro atoms. The molecule has 1 aliphatic heterocycles. The minimum Gasteiger partial charge on any atom is -0.444 e. The van der Waals surface area contributed by atoms with Crippen molar-refractivity contribution in [2.75, 3.05) is 45.8 Å². The van der Waals surface area contributed by atoms with Crippen molar-refractivity contribution in [3.05, 3.63) is 34.9 Å². The first kappa shape index (κ1) is 24.9. The van der Waals surface area contributed by atoms with E-state index in [1.807, 2.05) is 20.8 Å². The van der Waals surface area contributed by atoms with Crippen molar-refractivity contribution >= 4 is 29.5 Å². The Kier molecular flexibility index (Phi) is 9.58. The number of halogens is 1. The first-order valence-corrected chi connectivity index (χ1v) is 11.0. The standard InChI is InChI=1S/C22H33ClN4O4/c1-22(2,3)31-21(30)27-15-13-26(14-16-27)12-11-24-19(28)5-4-10-25-20(29)17-6-8-18(23)9-7-17/h6-9H,4-5,10-16H2,1-3H3,(H,24,28)(H,25,29). The van der Waals surface area contributed by atoms with Crippen molar-refractivity contribution in [2.24, 2.45) is 0 Å². The Bertz CT molecular complexity index is 741. The Labute approximate surface area is 189 Å². The van der Waals surface area contributed by atoms with E-state index in [-0.39, 0.29) is 17.9 Å². The third kappa shape index (κ3) is 9.57. The number of nitrogens with one attached hydrogen (secondary N) is 2. The molecule has 9 heteroatoms. The second-order valence-electron chi connectivity index (χ2n) is 8.53. The normalized spacial score (nSPS) is 14.8.